The number of carbonyl (C=O) groups is 1. The monoisotopic (exact) mass is 356 g/mol. The highest BCUT2D eigenvalue weighted by molar-refractivity contribution is 6.06. The van der Waals surface area contributed by atoms with Crippen LogP contribution in [0.5, 0.6) is 0 Å². The maximum Gasteiger partial charge on any atom is 0.274 e. The Labute approximate surface area is 154 Å². The minimum absolute atomic E-state index is 0.0305. The molecule has 5 atom stereocenters. The highest BCUT2D eigenvalue weighted by Gasteiger charge is 3.08. The van der Waals surface area contributed by atoms with Gasteiger partial charge in [0.2, 0.25) is 0 Å². The van der Waals surface area contributed by atoms with E-state index < -0.39 is 0 Å². The van der Waals surface area contributed by atoms with Crippen LogP contribution in [0.1, 0.15) is 70.9 Å². The Morgan fingerprint density at radius 1 is 1.38 bits per heavy atom. The summed E-state index contributed by atoms with van der Waals surface area (Å²) in [6, 6.07) is 0.605. The standard InChI is InChI=1S/C20H28N4O2/c1-7-12(2)23-9-13(21-11-23)15(25)24-10-18(5)19(6)16(24)20(18,19)14-8-17(3,4)26-22-14/h9,11-12,16H,7-8,10H2,1-6H3/t12-,16?,18+,19-,20-/m0/s1. The van der Waals surface area contributed by atoms with Crippen LogP contribution in [0.4, 0.5) is 0 Å². The molecule has 6 nitrogen and oxygen atoms in total. The number of piperidine rings is 1. The molecule has 4 heterocycles. The number of aromatic nitrogens is 2. The zero-order chi connectivity index (χ0) is 18.7. The molecule has 6 rings (SSSR count). The highest BCUT2D eigenvalue weighted by Crippen LogP contribution is 3.02. The van der Waals surface area contributed by atoms with Crippen LogP contribution in [0, 0.1) is 16.2 Å². The van der Waals surface area contributed by atoms with Crippen molar-refractivity contribution in [3.8, 4) is 0 Å². The van der Waals surface area contributed by atoms with Crippen molar-refractivity contribution in [2.24, 2.45) is 21.4 Å². The van der Waals surface area contributed by atoms with Gasteiger partial charge in [-0.3, -0.25) is 4.79 Å². The van der Waals surface area contributed by atoms with Gasteiger partial charge >= 0.3 is 0 Å². The van der Waals surface area contributed by atoms with Crippen LogP contribution < -0.4 is 0 Å². The van der Waals surface area contributed by atoms with E-state index in [0.717, 1.165) is 25.1 Å². The molecular weight excluding hydrogens is 328 g/mol. The fourth-order valence-corrected chi connectivity index (χ4v) is 6.31. The molecule has 0 radical (unpaired) electrons. The van der Waals surface area contributed by atoms with Gasteiger partial charge in [0, 0.05) is 41.4 Å². The van der Waals surface area contributed by atoms with Crippen molar-refractivity contribution < 1.29 is 9.63 Å². The Balaban J connectivity index is 1.41. The number of rotatable bonds is 4. The number of fused-ring (bicyclic) bond motifs is 1. The van der Waals surface area contributed by atoms with E-state index in [0.29, 0.717) is 11.7 Å². The van der Waals surface area contributed by atoms with Gasteiger partial charge in [0.15, 0.2) is 0 Å². The molecule has 5 aliphatic rings. The number of amides is 1. The van der Waals surface area contributed by atoms with E-state index in [-0.39, 0.29) is 33.8 Å². The van der Waals surface area contributed by atoms with Crippen molar-refractivity contribution in [3.63, 3.8) is 0 Å². The van der Waals surface area contributed by atoms with Gasteiger partial charge in [-0.2, -0.15) is 0 Å². The van der Waals surface area contributed by atoms with Gasteiger partial charge in [-0.05, 0) is 27.2 Å². The van der Waals surface area contributed by atoms with Crippen molar-refractivity contribution in [2.45, 2.75) is 72.1 Å². The van der Waals surface area contributed by atoms with Crippen LogP contribution in [0.25, 0.3) is 0 Å². The Morgan fingerprint density at radius 2 is 2.12 bits per heavy atom. The summed E-state index contributed by atoms with van der Waals surface area (Å²) in [6.07, 6.45) is 5.56. The Bertz CT molecular complexity index is 848. The summed E-state index contributed by atoms with van der Waals surface area (Å²) < 4.78 is 2.04. The van der Waals surface area contributed by atoms with E-state index in [1.165, 1.54) is 0 Å². The Morgan fingerprint density at radius 3 is 2.69 bits per heavy atom. The molecule has 140 valence electrons. The second-order valence-electron chi connectivity index (χ2n) is 9.71. The van der Waals surface area contributed by atoms with Gasteiger partial charge in [0.1, 0.15) is 11.3 Å². The van der Waals surface area contributed by atoms with Gasteiger partial charge < -0.3 is 14.3 Å². The molecule has 0 N–H and O–H groups in total. The number of hydrogen-bond acceptors (Lipinski definition) is 4. The molecule has 1 aromatic rings. The lowest BCUT2D eigenvalue weighted by Gasteiger charge is -2.19. The first-order valence-corrected chi connectivity index (χ1v) is 9.74. The number of imidazole rings is 1. The van der Waals surface area contributed by atoms with E-state index in [4.69, 9.17) is 4.84 Å². The fraction of sp³-hybridized carbons (Fsp3) is 0.750. The average molecular weight is 356 g/mol. The average Bonchev–Trinajstić information content (AvgIpc) is 3.07. The van der Waals surface area contributed by atoms with Crippen molar-refractivity contribution in [1.82, 2.24) is 14.5 Å². The van der Waals surface area contributed by atoms with Gasteiger partial charge in [-0.1, -0.05) is 25.9 Å². The van der Waals surface area contributed by atoms with Gasteiger partial charge in [0.05, 0.1) is 18.1 Å². The second kappa shape index (κ2) is 4.34. The first-order valence-electron chi connectivity index (χ1n) is 9.74. The maximum absolute atomic E-state index is 13.2. The summed E-state index contributed by atoms with van der Waals surface area (Å²) in [7, 11) is 0. The van der Waals surface area contributed by atoms with Crippen LogP contribution in [-0.2, 0) is 4.84 Å². The molecule has 2 saturated carbocycles. The van der Waals surface area contributed by atoms with Gasteiger partial charge in [0.25, 0.3) is 5.91 Å². The van der Waals surface area contributed by atoms with Crippen LogP contribution >= 0.6 is 0 Å². The van der Waals surface area contributed by atoms with Crippen LogP contribution in [0.3, 0.4) is 0 Å². The fourth-order valence-electron chi connectivity index (χ4n) is 6.31. The third kappa shape index (κ3) is 1.47. The number of oxime groups is 1. The lowest BCUT2D eigenvalue weighted by Crippen LogP contribution is -2.32. The summed E-state index contributed by atoms with van der Waals surface area (Å²) in [5.41, 5.74) is 1.81. The third-order valence-electron chi connectivity index (χ3n) is 8.08. The summed E-state index contributed by atoms with van der Waals surface area (Å²) in [4.78, 5) is 25.3. The molecule has 4 fully saturated rings. The Kier molecular flexibility index (Phi) is 2.73. The number of hydrogen-bond donors (Lipinski definition) is 0. The Hall–Kier alpha value is -1.85. The first-order chi connectivity index (χ1) is 12.1. The molecule has 2 bridgehead atoms. The number of nitrogens with zero attached hydrogens (tertiary/aromatic N) is 4. The van der Waals surface area contributed by atoms with Crippen LogP contribution in [0.15, 0.2) is 17.7 Å². The molecule has 1 unspecified atom stereocenters. The molecule has 2 aliphatic carbocycles. The largest absolute Gasteiger partial charge is 0.389 e. The minimum atomic E-state index is -0.226. The van der Waals surface area contributed by atoms with Gasteiger partial charge in [-0.15, -0.1) is 0 Å². The van der Waals surface area contributed by atoms with E-state index >= 15 is 0 Å². The summed E-state index contributed by atoms with van der Waals surface area (Å²) in [5, 5.41) is 4.46. The van der Waals surface area contributed by atoms with E-state index in [2.05, 4.69) is 56.6 Å². The summed E-state index contributed by atoms with van der Waals surface area (Å²) >= 11 is 0. The van der Waals surface area contributed by atoms with Gasteiger partial charge in [-0.25, -0.2) is 4.98 Å². The minimum Gasteiger partial charge on any atom is -0.389 e. The lowest BCUT2D eigenvalue weighted by atomic mass is 9.84. The van der Waals surface area contributed by atoms with E-state index in [1.54, 1.807) is 6.33 Å². The number of carbonyl (C=O) groups excluding carboxylic acids is 1. The predicted octanol–water partition coefficient (Wildman–Crippen LogP) is 3.26. The molecule has 0 spiro atoms. The molecular formula is C20H28N4O2. The molecule has 1 amide bonds. The van der Waals surface area contributed by atoms with E-state index in [1.807, 2.05) is 10.8 Å². The van der Waals surface area contributed by atoms with Crippen molar-refractivity contribution in [1.29, 1.82) is 0 Å². The molecule has 6 heteroatoms. The summed E-state index contributed by atoms with van der Waals surface area (Å²) in [6.45, 7) is 13.9. The summed E-state index contributed by atoms with van der Waals surface area (Å²) in [5.74, 6) is 0.0603. The quantitative estimate of drug-likeness (QED) is 0.832. The second-order valence-corrected chi connectivity index (χ2v) is 9.71. The third-order valence-corrected chi connectivity index (χ3v) is 8.08. The van der Waals surface area contributed by atoms with Crippen LogP contribution in [0.2, 0.25) is 0 Å². The van der Waals surface area contributed by atoms with Crippen molar-refractivity contribution in [3.05, 3.63) is 18.2 Å². The van der Waals surface area contributed by atoms with Crippen molar-refractivity contribution in [2.75, 3.05) is 6.54 Å². The molecule has 1 aromatic heterocycles. The zero-order valence-electron chi connectivity index (χ0n) is 16.5. The first kappa shape index (κ1) is 16.3. The molecule has 3 aliphatic heterocycles. The normalized spacial score (nSPS) is 42.2. The van der Waals surface area contributed by atoms with E-state index in [9.17, 15) is 4.79 Å². The van der Waals surface area contributed by atoms with Crippen molar-refractivity contribution >= 4 is 11.6 Å². The topological polar surface area (TPSA) is 59.7 Å². The zero-order valence-corrected chi connectivity index (χ0v) is 16.5. The van der Waals surface area contributed by atoms with Crippen LogP contribution in [-0.4, -0.2) is 44.3 Å². The SMILES string of the molecule is CC[C@H](C)n1cnc(C(=O)N2C[C@]3(C)[C@]4(C)C2[C@@]34C2=NOC(C)(C)C2)c1. The lowest BCUT2D eigenvalue weighted by molar-refractivity contribution is 0.0123. The highest BCUT2D eigenvalue weighted by atomic mass is 16.7. The molecule has 26 heavy (non-hydrogen) atoms. The predicted molar refractivity (Wildman–Crippen MR) is 97.9 cm³/mol. The smallest absolute Gasteiger partial charge is 0.274 e. The molecule has 2 saturated heterocycles. The molecule has 0 aromatic carbocycles. The maximum atomic E-state index is 13.2.